The quantitative estimate of drug-likeness (QED) is 0.528. The minimum atomic E-state index is -4.54. The molecule has 4 N–H and O–H groups in total. The molecule has 0 amide bonds. The third kappa shape index (κ3) is 3.34. The van der Waals surface area contributed by atoms with E-state index in [1.807, 2.05) is 0 Å². The van der Waals surface area contributed by atoms with E-state index in [0.717, 1.165) is 11.0 Å². The molecule has 2 aliphatic rings. The van der Waals surface area contributed by atoms with Crippen LogP contribution in [0.5, 0.6) is 0 Å². The predicted molar refractivity (Wildman–Crippen MR) is 103 cm³/mol. The van der Waals surface area contributed by atoms with Crippen molar-refractivity contribution in [1.29, 1.82) is 0 Å². The van der Waals surface area contributed by atoms with Gasteiger partial charge in [-0.3, -0.25) is 9.36 Å². The maximum Gasteiger partial charge on any atom is 0.395 e. The van der Waals surface area contributed by atoms with E-state index in [4.69, 9.17) is 23.2 Å². The first kappa shape index (κ1) is 21.7. The molecule has 0 bridgehead atoms. The Balaban J connectivity index is 0.00000240. The molecule has 1 aromatic heterocycles. The van der Waals surface area contributed by atoms with Crippen molar-refractivity contribution in [3.8, 4) is 0 Å². The molecule has 13 heteroatoms. The first-order chi connectivity index (χ1) is 13.0. The Morgan fingerprint density at radius 1 is 1.17 bits per heavy atom. The van der Waals surface area contributed by atoms with E-state index in [1.54, 1.807) is 0 Å². The fraction of sp³-hybridized carbons (Fsp3) is 0.500. The number of hydrogen-bond acceptors (Lipinski definition) is 5. The topological polar surface area (TPSA) is 99.3 Å². The first-order valence-corrected chi connectivity index (χ1v) is 8.91. The molecule has 7 nitrogen and oxygen atoms in total. The summed E-state index contributed by atoms with van der Waals surface area (Å²) in [7, 11) is 0. The molecule has 2 heterocycles. The summed E-state index contributed by atoms with van der Waals surface area (Å²) < 4.78 is 55.8. The van der Waals surface area contributed by atoms with Crippen LogP contribution < -0.4 is 27.7 Å². The highest BCUT2D eigenvalue weighted by Crippen LogP contribution is 2.43. The van der Waals surface area contributed by atoms with Gasteiger partial charge in [-0.05, 0) is 18.9 Å². The van der Waals surface area contributed by atoms with Crippen LogP contribution in [0.4, 0.5) is 23.2 Å². The van der Waals surface area contributed by atoms with E-state index in [1.165, 1.54) is 4.57 Å². The van der Waals surface area contributed by atoms with Gasteiger partial charge in [0, 0.05) is 25.2 Å². The third-order valence-electron chi connectivity index (χ3n) is 5.28. The molecule has 29 heavy (non-hydrogen) atoms. The number of fused-ring (bicyclic) bond motifs is 1. The van der Waals surface area contributed by atoms with Crippen molar-refractivity contribution in [3.63, 3.8) is 0 Å². The molecular formula is C16H17Cl2F4N5O2. The minimum absolute atomic E-state index is 0. The van der Waals surface area contributed by atoms with Crippen molar-refractivity contribution >= 4 is 40.6 Å². The van der Waals surface area contributed by atoms with Gasteiger partial charge in [0.25, 0.3) is 5.56 Å². The molecule has 1 saturated heterocycles. The summed E-state index contributed by atoms with van der Waals surface area (Å²) in [5.74, 6) is 2.69. The van der Waals surface area contributed by atoms with Crippen molar-refractivity contribution in [2.75, 3.05) is 23.8 Å². The Morgan fingerprint density at radius 3 is 2.31 bits per heavy atom. The second-order valence-corrected chi connectivity index (χ2v) is 7.57. The van der Waals surface area contributed by atoms with Gasteiger partial charge in [0.2, 0.25) is 0 Å². The van der Waals surface area contributed by atoms with Crippen LogP contribution in [0, 0.1) is 11.7 Å². The van der Waals surface area contributed by atoms with Gasteiger partial charge in [0.15, 0.2) is 0 Å². The first-order valence-electron chi connectivity index (χ1n) is 8.54. The number of nitrogens with zero attached hydrogens (tertiary/aromatic N) is 3. The van der Waals surface area contributed by atoms with E-state index in [9.17, 15) is 27.2 Å². The van der Waals surface area contributed by atoms with Crippen LogP contribution in [0.1, 0.15) is 18.9 Å². The molecule has 2 atom stereocenters. The highest BCUT2D eigenvalue weighted by Gasteiger charge is 2.49. The molecule has 0 radical (unpaired) electrons. The van der Waals surface area contributed by atoms with Crippen molar-refractivity contribution < 1.29 is 17.6 Å². The zero-order chi connectivity index (χ0) is 20.5. The van der Waals surface area contributed by atoms with Gasteiger partial charge in [0.05, 0.1) is 27.5 Å². The summed E-state index contributed by atoms with van der Waals surface area (Å²) in [5.41, 5.74) is 3.53. The second kappa shape index (κ2) is 7.06. The van der Waals surface area contributed by atoms with E-state index in [0.29, 0.717) is 17.5 Å². The van der Waals surface area contributed by atoms with Crippen LogP contribution in [0.3, 0.4) is 0 Å². The predicted octanol–water partition coefficient (Wildman–Crippen LogP) is 1.75. The molecule has 1 aromatic carbocycles. The lowest BCUT2D eigenvalue weighted by Crippen LogP contribution is -2.44. The van der Waals surface area contributed by atoms with Crippen LogP contribution >= 0.6 is 24.0 Å². The number of benzene rings is 1. The van der Waals surface area contributed by atoms with E-state index < -0.39 is 41.7 Å². The second-order valence-electron chi connectivity index (χ2n) is 7.19. The lowest BCUT2D eigenvalue weighted by atomic mass is 10.0. The van der Waals surface area contributed by atoms with E-state index >= 15 is 0 Å². The number of hydrogen-bond donors (Lipinski definition) is 2. The third-order valence-corrected chi connectivity index (χ3v) is 5.64. The normalized spacial score (nSPS) is 22.2. The monoisotopic (exact) mass is 457 g/mol. The zero-order valence-electron chi connectivity index (χ0n) is 14.7. The van der Waals surface area contributed by atoms with E-state index in [2.05, 4.69) is 0 Å². The summed E-state index contributed by atoms with van der Waals surface area (Å²) in [6.07, 6.45) is -3.26. The molecule has 2 aromatic rings. The number of rotatable bonds is 2. The fourth-order valence-electron chi connectivity index (χ4n) is 3.74. The summed E-state index contributed by atoms with van der Waals surface area (Å²) in [4.78, 5) is 25.9. The SMILES string of the molecule is Cl.N[C@H]1CN(c2c(F)cc3c(=O)n(N)c(=O)n(C4CC4)c3c2Cl)C[C@@H]1C(F)(F)F. The Labute approximate surface area is 172 Å². The standard InChI is InChI=1S/C16H16ClF4N5O2.ClH/c17-11-12-7(14(27)26(23)15(28)25(12)6-1-2-6)3-9(18)13(11)24-4-8(10(22)5-24)16(19,20)21;/h3,6,8,10H,1-2,4-5,22-23H2;1H/t8-,10-;/m0./s1. The number of anilines is 1. The summed E-state index contributed by atoms with van der Waals surface area (Å²) in [6, 6.07) is -0.661. The Hall–Kier alpha value is -1.98. The number of alkyl halides is 3. The molecule has 0 unspecified atom stereocenters. The van der Waals surface area contributed by atoms with Gasteiger partial charge in [0.1, 0.15) is 5.82 Å². The van der Waals surface area contributed by atoms with Gasteiger partial charge in [-0.25, -0.2) is 9.18 Å². The number of nitrogens with two attached hydrogens (primary N) is 2. The van der Waals surface area contributed by atoms with Gasteiger partial charge in [-0.2, -0.15) is 17.8 Å². The van der Waals surface area contributed by atoms with Gasteiger partial charge in [-0.15, -0.1) is 12.4 Å². The number of nitrogen functional groups attached to an aromatic ring is 1. The minimum Gasteiger partial charge on any atom is -0.366 e. The molecule has 1 aliphatic carbocycles. The largest absolute Gasteiger partial charge is 0.395 e. The highest BCUT2D eigenvalue weighted by atomic mass is 35.5. The summed E-state index contributed by atoms with van der Waals surface area (Å²) in [6.45, 7) is -0.845. The summed E-state index contributed by atoms with van der Waals surface area (Å²) >= 11 is 6.36. The van der Waals surface area contributed by atoms with Crippen molar-refractivity contribution in [1.82, 2.24) is 9.24 Å². The molecular weight excluding hydrogens is 441 g/mol. The Kier molecular flexibility index (Phi) is 5.29. The highest BCUT2D eigenvalue weighted by molar-refractivity contribution is 6.38. The van der Waals surface area contributed by atoms with Gasteiger partial charge < -0.3 is 16.5 Å². The van der Waals surface area contributed by atoms with Crippen LogP contribution in [0.2, 0.25) is 5.02 Å². The zero-order valence-corrected chi connectivity index (χ0v) is 16.3. The molecule has 0 spiro atoms. The van der Waals surface area contributed by atoms with Crippen molar-refractivity contribution in [2.24, 2.45) is 11.7 Å². The number of aromatic nitrogens is 2. The average molecular weight is 458 g/mol. The van der Waals surface area contributed by atoms with Crippen LogP contribution in [-0.4, -0.2) is 34.6 Å². The Morgan fingerprint density at radius 2 is 1.79 bits per heavy atom. The maximum absolute atomic E-state index is 14.8. The van der Waals surface area contributed by atoms with Crippen molar-refractivity contribution in [3.05, 3.63) is 37.7 Å². The fourth-order valence-corrected chi connectivity index (χ4v) is 4.15. The molecule has 1 aliphatic heterocycles. The Bertz CT molecular complexity index is 1100. The molecule has 160 valence electrons. The lowest BCUT2D eigenvalue weighted by Gasteiger charge is -2.23. The van der Waals surface area contributed by atoms with E-state index in [-0.39, 0.29) is 46.6 Å². The van der Waals surface area contributed by atoms with Gasteiger partial charge in [-0.1, -0.05) is 11.6 Å². The molecule has 1 saturated carbocycles. The summed E-state index contributed by atoms with van der Waals surface area (Å²) in [5, 5.41) is -0.511. The average Bonchev–Trinajstić information content (AvgIpc) is 3.35. The maximum atomic E-state index is 14.8. The smallest absolute Gasteiger partial charge is 0.366 e. The van der Waals surface area contributed by atoms with Crippen LogP contribution in [0.25, 0.3) is 10.9 Å². The van der Waals surface area contributed by atoms with Gasteiger partial charge >= 0.3 is 11.9 Å². The van der Waals surface area contributed by atoms with Crippen LogP contribution in [-0.2, 0) is 0 Å². The number of halogens is 6. The lowest BCUT2D eigenvalue weighted by molar-refractivity contribution is -0.171. The van der Waals surface area contributed by atoms with Crippen LogP contribution in [0.15, 0.2) is 15.7 Å². The van der Waals surface area contributed by atoms with Crippen molar-refractivity contribution in [2.45, 2.75) is 31.1 Å². The molecule has 2 fully saturated rings. The molecule has 4 rings (SSSR count).